The van der Waals surface area contributed by atoms with Gasteiger partial charge in [0, 0.05) is 12.3 Å². The van der Waals surface area contributed by atoms with Gasteiger partial charge in [-0.25, -0.2) is 13.1 Å². The molecule has 1 fully saturated rings. The minimum Gasteiger partial charge on any atom is -0.490 e. The largest absolute Gasteiger partial charge is 0.490 e. The summed E-state index contributed by atoms with van der Waals surface area (Å²) in [6.07, 6.45) is 2.79. The van der Waals surface area contributed by atoms with Crippen molar-refractivity contribution in [2.45, 2.75) is 43.1 Å². The van der Waals surface area contributed by atoms with E-state index in [9.17, 15) is 8.42 Å². The molecule has 0 saturated heterocycles. The lowest BCUT2D eigenvalue weighted by atomic mass is 10.1. The summed E-state index contributed by atoms with van der Waals surface area (Å²) in [4.78, 5) is 0.162. The Balaban J connectivity index is 1.58. The molecule has 1 aromatic carbocycles. The van der Waals surface area contributed by atoms with Gasteiger partial charge < -0.3 is 9.15 Å². The first-order valence-electron chi connectivity index (χ1n) is 7.17. The Morgan fingerprint density at radius 1 is 1.27 bits per heavy atom. The van der Waals surface area contributed by atoms with Crippen molar-refractivity contribution in [3.63, 3.8) is 0 Å². The number of rotatable bonds is 4. The number of sulfonamides is 1. The summed E-state index contributed by atoms with van der Waals surface area (Å²) in [5.41, 5.74) is 0.888. The van der Waals surface area contributed by atoms with Gasteiger partial charge in [-0.3, -0.25) is 0 Å². The number of benzene rings is 1. The standard InChI is InChI=1S/C14H15N3O4S/c1-8-6-10-7-11(4-5-12(10)20-8)22(18,19)17-14-16-15-13(21-14)9-2-3-9/h4-5,7-9H,2-3,6H2,1H3,(H,16,17). The number of aromatic nitrogens is 2. The van der Waals surface area contributed by atoms with E-state index in [0.717, 1.165) is 24.2 Å². The third kappa shape index (κ3) is 2.43. The Morgan fingerprint density at radius 3 is 2.86 bits per heavy atom. The second kappa shape index (κ2) is 4.70. The molecule has 1 saturated carbocycles. The smallest absolute Gasteiger partial charge is 0.329 e. The van der Waals surface area contributed by atoms with E-state index >= 15 is 0 Å². The molecule has 1 aliphatic carbocycles. The SMILES string of the molecule is CC1Cc2cc(S(=O)(=O)Nc3nnc(C4CC4)o3)ccc2O1. The molecular formula is C14H15N3O4S. The van der Waals surface area contributed by atoms with E-state index in [1.54, 1.807) is 12.1 Å². The van der Waals surface area contributed by atoms with Gasteiger partial charge in [-0.05, 0) is 43.5 Å². The molecule has 22 heavy (non-hydrogen) atoms. The summed E-state index contributed by atoms with van der Waals surface area (Å²) in [5.74, 6) is 1.51. The van der Waals surface area contributed by atoms with Crippen LogP contribution in [-0.4, -0.2) is 24.7 Å². The van der Waals surface area contributed by atoms with Crippen LogP contribution < -0.4 is 9.46 Å². The fraction of sp³-hybridized carbons (Fsp3) is 0.429. The summed E-state index contributed by atoms with van der Waals surface area (Å²) >= 11 is 0. The maximum atomic E-state index is 12.4. The average molecular weight is 321 g/mol. The summed E-state index contributed by atoms with van der Waals surface area (Å²) < 4.78 is 38.0. The topological polar surface area (TPSA) is 94.3 Å². The molecule has 0 radical (unpaired) electrons. The number of ether oxygens (including phenoxy) is 1. The first kappa shape index (κ1) is 13.6. The van der Waals surface area contributed by atoms with Crippen molar-refractivity contribution in [1.29, 1.82) is 0 Å². The Hall–Kier alpha value is -2.09. The van der Waals surface area contributed by atoms with Crippen LogP contribution in [0.15, 0.2) is 27.5 Å². The van der Waals surface area contributed by atoms with Gasteiger partial charge in [0.2, 0.25) is 5.89 Å². The van der Waals surface area contributed by atoms with Crippen LogP contribution in [0.25, 0.3) is 0 Å². The highest BCUT2D eigenvalue weighted by atomic mass is 32.2. The van der Waals surface area contributed by atoms with Crippen molar-refractivity contribution in [3.8, 4) is 5.75 Å². The molecule has 0 bridgehead atoms. The van der Waals surface area contributed by atoms with Crippen LogP contribution >= 0.6 is 0 Å². The predicted octanol–water partition coefficient (Wildman–Crippen LogP) is 2.07. The molecule has 1 unspecified atom stereocenters. The van der Waals surface area contributed by atoms with Crippen molar-refractivity contribution in [1.82, 2.24) is 10.2 Å². The Morgan fingerprint density at radius 2 is 2.09 bits per heavy atom. The monoisotopic (exact) mass is 321 g/mol. The molecule has 4 rings (SSSR count). The van der Waals surface area contributed by atoms with Gasteiger partial charge in [0.15, 0.2) is 0 Å². The zero-order valence-electron chi connectivity index (χ0n) is 11.9. The summed E-state index contributed by atoms with van der Waals surface area (Å²) in [6, 6.07) is 4.72. The van der Waals surface area contributed by atoms with E-state index in [1.807, 2.05) is 6.92 Å². The lowest BCUT2D eigenvalue weighted by molar-refractivity contribution is 0.254. The van der Waals surface area contributed by atoms with Gasteiger partial charge in [0.05, 0.1) is 4.90 Å². The van der Waals surface area contributed by atoms with Gasteiger partial charge in [0.25, 0.3) is 10.0 Å². The highest BCUT2D eigenvalue weighted by Gasteiger charge is 2.30. The average Bonchev–Trinajstić information content (AvgIpc) is 3.09. The molecule has 1 atom stereocenters. The van der Waals surface area contributed by atoms with Crippen molar-refractivity contribution in [2.75, 3.05) is 4.72 Å². The molecule has 2 aromatic rings. The zero-order chi connectivity index (χ0) is 15.3. The number of nitrogens with one attached hydrogen (secondary N) is 1. The van der Waals surface area contributed by atoms with Gasteiger partial charge in [-0.1, -0.05) is 5.10 Å². The van der Waals surface area contributed by atoms with Crippen LogP contribution in [0.2, 0.25) is 0 Å². The highest BCUT2D eigenvalue weighted by Crippen LogP contribution is 2.39. The van der Waals surface area contributed by atoms with Crippen molar-refractivity contribution in [2.24, 2.45) is 0 Å². The lowest BCUT2D eigenvalue weighted by Crippen LogP contribution is -2.13. The minimum atomic E-state index is -3.75. The number of hydrogen-bond acceptors (Lipinski definition) is 6. The second-order valence-electron chi connectivity index (χ2n) is 5.73. The van der Waals surface area contributed by atoms with Crippen LogP contribution in [0.1, 0.15) is 37.1 Å². The quantitative estimate of drug-likeness (QED) is 0.926. The molecular weight excluding hydrogens is 306 g/mol. The van der Waals surface area contributed by atoms with Gasteiger partial charge in [-0.2, -0.15) is 0 Å². The van der Waals surface area contributed by atoms with E-state index in [-0.39, 0.29) is 22.9 Å². The van der Waals surface area contributed by atoms with Crippen molar-refractivity contribution >= 4 is 16.0 Å². The first-order valence-corrected chi connectivity index (χ1v) is 8.65. The minimum absolute atomic E-state index is 0.0675. The number of fused-ring (bicyclic) bond motifs is 1. The van der Waals surface area contributed by atoms with Crippen molar-refractivity contribution < 1.29 is 17.6 Å². The maximum absolute atomic E-state index is 12.4. The lowest BCUT2D eigenvalue weighted by Gasteiger charge is -2.06. The van der Waals surface area contributed by atoms with Crippen LogP contribution in [0.3, 0.4) is 0 Å². The van der Waals surface area contributed by atoms with Crippen LogP contribution in [-0.2, 0) is 16.4 Å². The molecule has 116 valence electrons. The van der Waals surface area contributed by atoms with Crippen LogP contribution in [0.5, 0.6) is 5.75 Å². The first-order chi connectivity index (χ1) is 10.5. The van der Waals surface area contributed by atoms with Gasteiger partial charge in [-0.15, -0.1) is 5.10 Å². The Labute approximate surface area is 127 Å². The highest BCUT2D eigenvalue weighted by molar-refractivity contribution is 7.92. The molecule has 1 aromatic heterocycles. The molecule has 2 aliphatic rings. The fourth-order valence-corrected chi connectivity index (χ4v) is 3.49. The van der Waals surface area contributed by atoms with Crippen LogP contribution in [0, 0.1) is 0 Å². The Kier molecular flexibility index (Phi) is 2.90. The molecule has 0 amide bonds. The Bertz CT molecular complexity index is 826. The van der Waals surface area contributed by atoms with E-state index < -0.39 is 10.0 Å². The van der Waals surface area contributed by atoms with Crippen molar-refractivity contribution in [3.05, 3.63) is 29.7 Å². The fourth-order valence-electron chi connectivity index (χ4n) is 2.51. The summed E-state index contributed by atoms with van der Waals surface area (Å²) in [7, 11) is -3.75. The normalized spacial score (nSPS) is 20.5. The summed E-state index contributed by atoms with van der Waals surface area (Å²) in [5, 5.41) is 7.60. The molecule has 1 aliphatic heterocycles. The molecule has 1 N–H and O–H groups in total. The number of hydrogen-bond donors (Lipinski definition) is 1. The second-order valence-corrected chi connectivity index (χ2v) is 7.41. The van der Waals surface area contributed by atoms with Gasteiger partial charge in [0.1, 0.15) is 11.9 Å². The van der Waals surface area contributed by atoms with Crippen LogP contribution in [0.4, 0.5) is 6.01 Å². The molecule has 2 heterocycles. The molecule has 8 heteroatoms. The molecule has 7 nitrogen and oxygen atoms in total. The molecule has 0 spiro atoms. The number of nitrogens with zero attached hydrogens (tertiary/aromatic N) is 2. The number of anilines is 1. The zero-order valence-corrected chi connectivity index (χ0v) is 12.8. The summed E-state index contributed by atoms with van der Waals surface area (Å²) in [6.45, 7) is 1.95. The third-order valence-electron chi connectivity index (χ3n) is 3.77. The van der Waals surface area contributed by atoms with E-state index in [4.69, 9.17) is 9.15 Å². The third-order valence-corrected chi connectivity index (χ3v) is 5.08. The van der Waals surface area contributed by atoms with Gasteiger partial charge >= 0.3 is 6.01 Å². The maximum Gasteiger partial charge on any atom is 0.329 e. The van der Waals surface area contributed by atoms with E-state index in [0.29, 0.717) is 12.3 Å². The predicted molar refractivity (Wildman–Crippen MR) is 77.3 cm³/mol. The van der Waals surface area contributed by atoms with E-state index in [2.05, 4.69) is 14.9 Å². The van der Waals surface area contributed by atoms with E-state index in [1.165, 1.54) is 6.07 Å².